The van der Waals surface area contributed by atoms with Crippen LogP contribution in [0.1, 0.15) is 0 Å². The van der Waals surface area contributed by atoms with Gasteiger partial charge in [-0.3, -0.25) is 0 Å². The first-order valence-corrected chi connectivity index (χ1v) is 19.3. The summed E-state index contributed by atoms with van der Waals surface area (Å²) in [5.74, 6) is 0. The number of hydrogen-bond acceptors (Lipinski definition) is 6. The lowest BCUT2D eigenvalue weighted by Gasteiger charge is -2.16. The molecular formula is C48H42N4S2. The van der Waals surface area contributed by atoms with Gasteiger partial charge in [-0.2, -0.15) is 0 Å². The number of para-hydroxylation sites is 8. The average Bonchev–Trinajstić information content (AvgIpc) is 3.24. The number of nitrogens with one attached hydrogen (secondary N) is 4. The predicted octanol–water partition coefficient (Wildman–Crippen LogP) is 14.4. The van der Waals surface area contributed by atoms with Crippen molar-refractivity contribution in [3.63, 3.8) is 0 Å². The fourth-order valence-electron chi connectivity index (χ4n) is 6.02. The molecule has 0 aliphatic carbocycles. The maximum Gasteiger partial charge on any atom is 0.0464 e. The standard InChI is InChI=1S/2C24H20N2.H2S2/c2*1-3-11-19(12-4-1)25-23-17-9-7-15-21(23)22-16-8-10-18-24(22)26-20-13-5-2-6-14-20;1-2/h2*1-18,25-26H;1-2H. The molecule has 0 atom stereocenters. The molecular weight excluding hydrogens is 697 g/mol. The van der Waals surface area contributed by atoms with E-state index in [1.165, 1.54) is 0 Å². The predicted molar refractivity (Wildman–Crippen MR) is 241 cm³/mol. The quantitative estimate of drug-likeness (QED) is 0.0625. The zero-order valence-electron chi connectivity index (χ0n) is 29.7. The van der Waals surface area contributed by atoms with Crippen LogP contribution in [0.4, 0.5) is 45.5 Å². The van der Waals surface area contributed by atoms with Crippen LogP contribution in [0.5, 0.6) is 0 Å². The van der Waals surface area contributed by atoms with Crippen LogP contribution in [0.3, 0.4) is 0 Å². The van der Waals surface area contributed by atoms with E-state index in [9.17, 15) is 0 Å². The van der Waals surface area contributed by atoms with Crippen molar-refractivity contribution in [3.05, 3.63) is 218 Å². The van der Waals surface area contributed by atoms with E-state index in [2.05, 4.69) is 190 Å². The summed E-state index contributed by atoms with van der Waals surface area (Å²) in [6.45, 7) is 0. The summed E-state index contributed by atoms with van der Waals surface area (Å²) in [5.41, 5.74) is 13.3. The zero-order chi connectivity index (χ0) is 37.2. The van der Waals surface area contributed by atoms with Crippen molar-refractivity contribution in [2.75, 3.05) is 21.3 Å². The molecule has 54 heavy (non-hydrogen) atoms. The zero-order valence-corrected chi connectivity index (χ0v) is 31.5. The highest BCUT2D eigenvalue weighted by Gasteiger charge is 2.11. The Kier molecular flexibility index (Phi) is 13.9. The lowest BCUT2D eigenvalue weighted by molar-refractivity contribution is 1.51. The van der Waals surface area contributed by atoms with Crippen molar-refractivity contribution in [2.24, 2.45) is 0 Å². The van der Waals surface area contributed by atoms with Gasteiger partial charge in [0.15, 0.2) is 0 Å². The van der Waals surface area contributed by atoms with Gasteiger partial charge in [-0.05, 0) is 72.8 Å². The maximum atomic E-state index is 3.53. The first-order valence-electron chi connectivity index (χ1n) is 17.7. The van der Waals surface area contributed by atoms with Gasteiger partial charge in [-0.15, -0.1) is 23.3 Å². The summed E-state index contributed by atoms with van der Waals surface area (Å²) in [6.07, 6.45) is 0. The van der Waals surface area contributed by atoms with Gasteiger partial charge in [-0.1, -0.05) is 146 Å². The third kappa shape index (κ3) is 10.4. The van der Waals surface area contributed by atoms with Crippen LogP contribution in [0.2, 0.25) is 0 Å². The Labute approximate surface area is 329 Å². The molecule has 0 spiro atoms. The SMILES string of the molecule is SS.c1ccc(Nc2ccccc2-c2ccccc2Nc2ccccc2)cc1.c1ccc(Nc2ccccc2-c2ccccc2Nc2ccccc2)cc1. The molecule has 0 heterocycles. The van der Waals surface area contributed by atoms with Crippen molar-refractivity contribution in [1.82, 2.24) is 0 Å². The fraction of sp³-hybridized carbons (Fsp3) is 0. The maximum absolute atomic E-state index is 3.53. The van der Waals surface area contributed by atoms with Crippen LogP contribution >= 0.6 is 23.3 Å². The van der Waals surface area contributed by atoms with Crippen LogP contribution in [0.15, 0.2) is 218 Å². The van der Waals surface area contributed by atoms with Gasteiger partial charge in [0, 0.05) is 67.8 Å². The molecule has 4 nitrogen and oxygen atoms in total. The van der Waals surface area contributed by atoms with Crippen LogP contribution in [-0.2, 0) is 0 Å². The van der Waals surface area contributed by atoms with Gasteiger partial charge in [0.05, 0.1) is 0 Å². The average molecular weight is 739 g/mol. The second kappa shape index (κ2) is 20.0. The molecule has 8 rings (SSSR count). The molecule has 0 aliphatic heterocycles. The Morgan fingerprint density at radius 1 is 0.204 bits per heavy atom. The van der Waals surface area contributed by atoms with Crippen LogP contribution < -0.4 is 21.3 Å². The highest BCUT2D eigenvalue weighted by Crippen LogP contribution is 2.37. The lowest BCUT2D eigenvalue weighted by Crippen LogP contribution is -1.96. The molecule has 4 N–H and O–H groups in total. The summed E-state index contributed by atoms with van der Waals surface area (Å²) < 4.78 is 0. The van der Waals surface area contributed by atoms with Gasteiger partial charge in [0.2, 0.25) is 0 Å². The minimum Gasteiger partial charge on any atom is -0.355 e. The minimum absolute atomic E-state index is 1.08. The van der Waals surface area contributed by atoms with E-state index in [0.717, 1.165) is 67.8 Å². The molecule has 0 saturated heterocycles. The van der Waals surface area contributed by atoms with Crippen LogP contribution in [0, 0.1) is 0 Å². The number of thiol groups is 2. The van der Waals surface area contributed by atoms with E-state index in [1.807, 2.05) is 72.8 Å². The van der Waals surface area contributed by atoms with Crippen LogP contribution in [0.25, 0.3) is 22.3 Å². The molecule has 0 saturated carbocycles. The summed E-state index contributed by atoms with van der Waals surface area (Å²) in [5, 5.41) is 14.1. The van der Waals surface area contributed by atoms with Crippen LogP contribution in [-0.4, -0.2) is 0 Å². The van der Waals surface area contributed by atoms with Gasteiger partial charge in [0.25, 0.3) is 0 Å². The molecule has 8 aromatic carbocycles. The molecule has 0 aliphatic rings. The normalized spacial score (nSPS) is 10.0. The largest absolute Gasteiger partial charge is 0.355 e. The number of anilines is 8. The topological polar surface area (TPSA) is 48.1 Å². The molecule has 0 amide bonds. The Bertz CT molecular complexity index is 1970. The van der Waals surface area contributed by atoms with E-state index in [-0.39, 0.29) is 0 Å². The van der Waals surface area contributed by atoms with Gasteiger partial charge < -0.3 is 21.3 Å². The number of hydrogen-bond donors (Lipinski definition) is 6. The Balaban J connectivity index is 0.000000176. The van der Waals surface area contributed by atoms with Crippen molar-refractivity contribution in [3.8, 4) is 22.3 Å². The Morgan fingerprint density at radius 3 is 0.574 bits per heavy atom. The Morgan fingerprint density at radius 2 is 0.370 bits per heavy atom. The Hall–Kier alpha value is -6.34. The van der Waals surface area contributed by atoms with Gasteiger partial charge >= 0.3 is 0 Å². The first kappa shape index (κ1) is 37.4. The molecule has 8 aromatic rings. The smallest absolute Gasteiger partial charge is 0.0464 e. The molecule has 0 unspecified atom stereocenters. The minimum atomic E-state index is 1.08. The van der Waals surface area contributed by atoms with E-state index in [4.69, 9.17) is 0 Å². The summed E-state index contributed by atoms with van der Waals surface area (Å²) >= 11 is 6.44. The lowest BCUT2D eigenvalue weighted by atomic mass is 10.0. The fourth-order valence-corrected chi connectivity index (χ4v) is 6.02. The highest BCUT2D eigenvalue weighted by molar-refractivity contribution is 8.59. The summed E-state index contributed by atoms with van der Waals surface area (Å²) in [4.78, 5) is 0. The van der Waals surface area contributed by atoms with Crippen molar-refractivity contribution in [2.45, 2.75) is 0 Å². The molecule has 0 radical (unpaired) electrons. The highest BCUT2D eigenvalue weighted by atomic mass is 33.1. The molecule has 6 heteroatoms. The first-order chi connectivity index (χ1) is 26.8. The van der Waals surface area contributed by atoms with E-state index in [0.29, 0.717) is 0 Å². The van der Waals surface area contributed by atoms with Crippen molar-refractivity contribution in [1.29, 1.82) is 0 Å². The van der Waals surface area contributed by atoms with Gasteiger partial charge in [0.1, 0.15) is 0 Å². The van der Waals surface area contributed by atoms with E-state index >= 15 is 0 Å². The molecule has 0 aromatic heterocycles. The van der Waals surface area contributed by atoms with E-state index < -0.39 is 0 Å². The third-order valence-electron chi connectivity index (χ3n) is 8.50. The monoisotopic (exact) mass is 738 g/mol. The summed E-state index contributed by atoms with van der Waals surface area (Å²) in [6, 6.07) is 74.6. The molecule has 0 bridgehead atoms. The molecule has 0 fully saturated rings. The van der Waals surface area contributed by atoms with Crippen molar-refractivity contribution >= 4 is 68.8 Å². The molecule has 266 valence electrons. The van der Waals surface area contributed by atoms with Crippen molar-refractivity contribution < 1.29 is 0 Å². The third-order valence-corrected chi connectivity index (χ3v) is 8.50. The van der Waals surface area contributed by atoms with Gasteiger partial charge in [-0.25, -0.2) is 0 Å². The number of benzene rings is 8. The van der Waals surface area contributed by atoms with E-state index in [1.54, 1.807) is 0 Å². The number of rotatable bonds is 10. The second-order valence-corrected chi connectivity index (χ2v) is 12.1. The second-order valence-electron chi connectivity index (χ2n) is 12.1. The summed E-state index contributed by atoms with van der Waals surface area (Å²) in [7, 11) is 0.